The molecule has 8 heteroatoms. The first-order valence-electron chi connectivity index (χ1n) is 10.5. The van der Waals surface area contributed by atoms with Crippen molar-refractivity contribution in [3.63, 3.8) is 0 Å². The van der Waals surface area contributed by atoms with Crippen molar-refractivity contribution in [2.75, 3.05) is 11.4 Å². The van der Waals surface area contributed by atoms with Gasteiger partial charge in [0.05, 0.1) is 17.4 Å². The molecule has 1 aliphatic heterocycles. The Morgan fingerprint density at radius 3 is 2.67 bits per heavy atom. The van der Waals surface area contributed by atoms with Gasteiger partial charge in [0, 0.05) is 34.7 Å². The average Bonchev–Trinajstić information content (AvgIpc) is 3.59. The molecule has 166 valence electrons. The molecule has 0 saturated heterocycles. The van der Waals surface area contributed by atoms with Gasteiger partial charge < -0.3 is 4.90 Å². The van der Waals surface area contributed by atoms with Crippen LogP contribution in [0.3, 0.4) is 0 Å². The van der Waals surface area contributed by atoms with Gasteiger partial charge in [0.2, 0.25) is 11.8 Å². The van der Waals surface area contributed by atoms with E-state index in [2.05, 4.69) is 27.9 Å². The predicted octanol–water partition coefficient (Wildman–Crippen LogP) is 6.14. The Balaban J connectivity index is 1.37. The van der Waals surface area contributed by atoms with E-state index in [4.69, 9.17) is 0 Å². The van der Waals surface area contributed by atoms with Crippen LogP contribution in [0, 0.1) is 0 Å². The van der Waals surface area contributed by atoms with Gasteiger partial charge in [0.1, 0.15) is 0 Å². The van der Waals surface area contributed by atoms with Crippen molar-refractivity contribution in [3.05, 3.63) is 91.8 Å². The molecule has 0 fully saturated rings. The van der Waals surface area contributed by atoms with Crippen LogP contribution in [0.25, 0.3) is 6.08 Å². The topological polar surface area (TPSA) is 53.5 Å². The van der Waals surface area contributed by atoms with Gasteiger partial charge in [0.25, 0.3) is 0 Å². The zero-order valence-electron chi connectivity index (χ0n) is 17.9. The van der Waals surface area contributed by atoms with Crippen LogP contribution < -0.4 is 4.90 Å². The maximum absolute atomic E-state index is 13.2. The SMILES string of the molecule is CC(=O)N(c1ccccc1)c1nc(/C=C/C(=O)N2CCc3sccc3C2c2cccs2)cs1. The van der Waals surface area contributed by atoms with Crippen molar-refractivity contribution >= 4 is 62.7 Å². The van der Waals surface area contributed by atoms with Gasteiger partial charge in [-0.1, -0.05) is 24.3 Å². The number of rotatable bonds is 5. The van der Waals surface area contributed by atoms with Gasteiger partial charge in [-0.25, -0.2) is 4.98 Å². The number of nitrogens with zero attached hydrogens (tertiary/aromatic N) is 3. The van der Waals surface area contributed by atoms with E-state index in [-0.39, 0.29) is 17.9 Å². The summed E-state index contributed by atoms with van der Waals surface area (Å²) >= 11 is 4.82. The monoisotopic (exact) mass is 491 g/mol. The maximum atomic E-state index is 13.2. The largest absolute Gasteiger partial charge is 0.327 e. The van der Waals surface area contributed by atoms with E-state index >= 15 is 0 Å². The molecule has 5 rings (SSSR count). The molecule has 0 saturated carbocycles. The zero-order valence-corrected chi connectivity index (χ0v) is 20.3. The number of amides is 2. The number of anilines is 2. The molecule has 5 nitrogen and oxygen atoms in total. The Labute approximate surface area is 204 Å². The van der Waals surface area contributed by atoms with Crippen LogP contribution in [-0.4, -0.2) is 28.2 Å². The zero-order chi connectivity index (χ0) is 22.8. The molecule has 1 atom stereocenters. The van der Waals surface area contributed by atoms with Gasteiger partial charge in [-0.3, -0.25) is 14.5 Å². The summed E-state index contributed by atoms with van der Waals surface area (Å²) in [6, 6.07) is 15.7. The van der Waals surface area contributed by atoms with Crippen molar-refractivity contribution in [2.45, 2.75) is 19.4 Å². The second-order valence-electron chi connectivity index (χ2n) is 7.58. The number of thiazole rings is 1. The summed E-state index contributed by atoms with van der Waals surface area (Å²) in [6.45, 7) is 2.21. The van der Waals surface area contributed by atoms with E-state index in [1.807, 2.05) is 46.7 Å². The molecule has 2 amide bonds. The highest BCUT2D eigenvalue weighted by Crippen LogP contribution is 2.39. The molecular formula is C25H21N3O2S3. The number of aromatic nitrogens is 1. The third-order valence-electron chi connectivity index (χ3n) is 5.49. The minimum atomic E-state index is -0.110. The number of hydrogen-bond acceptors (Lipinski definition) is 6. The van der Waals surface area contributed by atoms with E-state index in [1.54, 1.807) is 39.7 Å². The number of para-hydroxylation sites is 1. The third kappa shape index (κ3) is 4.42. The minimum absolute atomic E-state index is 0.0358. The van der Waals surface area contributed by atoms with Crippen LogP contribution in [0.15, 0.2) is 70.7 Å². The first kappa shape index (κ1) is 21.8. The number of carbonyl (C=O) groups excluding carboxylic acids is 2. The predicted molar refractivity (Wildman–Crippen MR) is 136 cm³/mol. The Hall–Kier alpha value is -3.07. The minimum Gasteiger partial charge on any atom is -0.327 e. The lowest BCUT2D eigenvalue weighted by molar-refractivity contribution is -0.127. The smallest absolute Gasteiger partial charge is 0.247 e. The van der Waals surface area contributed by atoms with Gasteiger partial charge in [-0.2, -0.15) is 0 Å². The van der Waals surface area contributed by atoms with Crippen LogP contribution in [0.4, 0.5) is 10.8 Å². The summed E-state index contributed by atoms with van der Waals surface area (Å²) in [5, 5.41) is 6.61. The third-order valence-corrected chi connectivity index (χ3v) is 8.25. The molecule has 3 aromatic heterocycles. The van der Waals surface area contributed by atoms with Gasteiger partial charge in [-0.05, 0) is 53.1 Å². The maximum Gasteiger partial charge on any atom is 0.247 e. The first-order valence-corrected chi connectivity index (χ1v) is 13.2. The number of carbonyl (C=O) groups is 2. The van der Waals surface area contributed by atoms with Crippen molar-refractivity contribution in [1.29, 1.82) is 0 Å². The van der Waals surface area contributed by atoms with E-state index in [9.17, 15) is 9.59 Å². The lowest BCUT2D eigenvalue weighted by Gasteiger charge is -2.34. The summed E-state index contributed by atoms with van der Waals surface area (Å²) < 4.78 is 0. The van der Waals surface area contributed by atoms with Crippen LogP contribution in [-0.2, 0) is 16.0 Å². The van der Waals surface area contributed by atoms with Gasteiger partial charge in [0.15, 0.2) is 5.13 Å². The lowest BCUT2D eigenvalue weighted by atomic mass is 9.98. The molecule has 0 spiro atoms. The highest BCUT2D eigenvalue weighted by Gasteiger charge is 2.32. The van der Waals surface area contributed by atoms with Crippen LogP contribution in [0.1, 0.15) is 34.0 Å². The molecule has 1 aromatic carbocycles. The molecule has 1 unspecified atom stereocenters. The molecule has 0 radical (unpaired) electrons. The van der Waals surface area contributed by atoms with E-state index < -0.39 is 0 Å². The summed E-state index contributed by atoms with van der Waals surface area (Å²) in [7, 11) is 0. The Morgan fingerprint density at radius 2 is 1.91 bits per heavy atom. The summed E-state index contributed by atoms with van der Waals surface area (Å²) in [5.74, 6) is -0.146. The molecule has 4 heterocycles. The van der Waals surface area contributed by atoms with Crippen LogP contribution >= 0.6 is 34.0 Å². The Kier molecular flexibility index (Phi) is 6.22. The Morgan fingerprint density at radius 1 is 1.06 bits per heavy atom. The molecule has 4 aromatic rings. The number of thiophene rings is 2. The van der Waals surface area contributed by atoms with Crippen molar-refractivity contribution < 1.29 is 9.59 Å². The van der Waals surface area contributed by atoms with Gasteiger partial charge in [-0.15, -0.1) is 34.0 Å². The number of fused-ring (bicyclic) bond motifs is 1. The second kappa shape index (κ2) is 9.43. The molecule has 33 heavy (non-hydrogen) atoms. The summed E-state index contributed by atoms with van der Waals surface area (Å²) in [5.41, 5.74) is 2.66. The normalized spacial score (nSPS) is 15.5. The van der Waals surface area contributed by atoms with Gasteiger partial charge >= 0.3 is 0 Å². The fourth-order valence-electron chi connectivity index (χ4n) is 4.02. The average molecular weight is 492 g/mol. The fraction of sp³-hybridized carbons (Fsp3) is 0.160. The molecular weight excluding hydrogens is 470 g/mol. The second-order valence-corrected chi connectivity index (χ2v) is 10.4. The standard InChI is InChI=1S/C25H21N3O2S3/c1-17(29)28(19-6-3-2-4-7-19)25-26-18(16-33-25)9-10-23(30)27-13-11-21-20(12-15-32-21)24(27)22-8-5-14-31-22/h2-10,12,14-16,24H,11,13H2,1H3/b10-9+. The fourth-order valence-corrected chi connectivity index (χ4v) is 6.63. The molecule has 0 aliphatic carbocycles. The quantitative estimate of drug-likeness (QED) is 0.315. The molecule has 1 aliphatic rings. The highest BCUT2D eigenvalue weighted by molar-refractivity contribution is 7.14. The van der Waals surface area contributed by atoms with E-state index in [0.29, 0.717) is 17.4 Å². The first-order chi connectivity index (χ1) is 16.1. The summed E-state index contributed by atoms with van der Waals surface area (Å²) in [6.07, 6.45) is 4.21. The summed E-state index contributed by atoms with van der Waals surface area (Å²) in [4.78, 5) is 36.2. The van der Waals surface area contributed by atoms with Crippen molar-refractivity contribution in [3.8, 4) is 0 Å². The van der Waals surface area contributed by atoms with Crippen LogP contribution in [0.2, 0.25) is 0 Å². The van der Waals surface area contributed by atoms with Crippen molar-refractivity contribution in [2.24, 2.45) is 0 Å². The Bertz CT molecular complexity index is 1290. The van der Waals surface area contributed by atoms with E-state index in [0.717, 1.165) is 12.1 Å². The molecule has 0 bridgehead atoms. The number of benzene rings is 1. The van der Waals surface area contributed by atoms with Crippen molar-refractivity contribution in [1.82, 2.24) is 9.88 Å². The molecule has 0 N–H and O–H groups in total. The van der Waals surface area contributed by atoms with E-state index in [1.165, 1.54) is 33.6 Å². The number of hydrogen-bond donors (Lipinski definition) is 0. The highest BCUT2D eigenvalue weighted by atomic mass is 32.1. The lowest BCUT2D eigenvalue weighted by Crippen LogP contribution is -2.38. The van der Waals surface area contributed by atoms with Crippen LogP contribution in [0.5, 0.6) is 0 Å².